The average molecular weight is 298 g/mol. The zero-order valence-electron chi connectivity index (χ0n) is 6.12. The maximum atomic E-state index is 11.7. The molecule has 0 aliphatic heterocycles. The van der Waals surface area contributed by atoms with Crippen molar-refractivity contribution in [3.05, 3.63) is 0 Å². The van der Waals surface area contributed by atoms with Gasteiger partial charge < -0.3 is 0 Å². The van der Waals surface area contributed by atoms with Crippen LogP contribution in [-0.2, 0) is 0 Å². The van der Waals surface area contributed by atoms with Crippen LogP contribution in [0.15, 0.2) is 0 Å². The van der Waals surface area contributed by atoms with Gasteiger partial charge in [0.25, 0.3) is 0 Å². The molecule has 0 fully saturated rings. The second kappa shape index (κ2) is 5.50. The van der Waals surface area contributed by atoms with E-state index in [1.807, 2.05) is 29.5 Å². The Morgan fingerprint density at radius 3 is 2.36 bits per heavy atom. The number of hydrogen-bond donors (Lipinski definition) is 0. The van der Waals surface area contributed by atoms with Gasteiger partial charge in [0, 0.05) is 0 Å². The van der Waals surface area contributed by atoms with Gasteiger partial charge in [0.1, 0.15) is 0 Å². The molecule has 0 aliphatic rings. The van der Waals surface area contributed by atoms with E-state index in [4.69, 9.17) is 0 Å². The molecule has 0 aliphatic carbocycles. The Balaban J connectivity index is 3.44. The maximum absolute atomic E-state index is 11.7. The molecule has 0 nitrogen and oxygen atoms in total. The van der Waals surface area contributed by atoms with Crippen molar-refractivity contribution < 1.29 is 13.2 Å². The molecule has 0 heterocycles. The Morgan fingerprint density at radius 2 is 2.00 bits per heavy atom. The topological polar surface area (TPSA) is 0 Å². The SMILES string of the molecule is CCCCC(I)SC(F)(F)F. The lowest BCUT2D eigenvalue weighted by atomic mass is 10.3. The summed E-state index contributed by atoms with van der Waals surface area (Å²) in [7, 11) is 0. The van der Waals surface area contributed by atoms with Crippen LogP contribution in [0.3, 0.4) is 0 Å². The number of rotatable bonds is 4. The van der Waals surface area contributed by atoms with Crippen molar-refractivity contribution in [2.45, 2.75) is 35.0 Å². The molecule has 5 heteroatoms. The summed E-state index contributed by atoms with van der Waals surface area (Å²) in [4.78, 5) is 0. The Hall–Kier alpha value is 0.870. The van der Waals surface area contributed by atoms with Crippen molar-refractivity contribution in [1.82, 2.24) is 0 Å². The standard InChI is InChI=1S/C6H10F3IS/c1-2-3-4-5(10)11-6(7,8)9/h5H,2-4H2,1H3. The van der Waals surface area contributed by atoms with Crippen LogP contribution in [0.1, 0.15) is 26.2 Å². The molecule has 0 bridgehead atoms. The molecule has 0 rings (SSSR count). The highest BCUT2D eigenvalue weighted by molar-refractivity contribution is 14.1. The normalized spacial score (nSPS) is 15.0. The van der Waals surface area contributed by atoms with Gasteiger partial charge in [0.15, 0.2) is 0 Å². The second-order valence-electron chi connectivity index (χ2n) is 2.12. The molecule has 11 heavy (non-hydrogen) atoms. The van der Waals surface area contributed by atoms with Crippen molar-refractivity contribution in [1.29, 1.82) is 0 Å². The highest BCUT2D eigenvalue weighted by Gasteiger charge is 2.31. The number of alkyl halides is 4. The minimum Gasteiger partial charge on any atom is -0.160 e. The predicted octanol–water partition coefficient (Wildman–Crippen LogP) is 4.19. The van der Waals surface area contributed by atoms with Gasteiger partial charge in [-0.05, 0) is 18.2 Å². The van der Waals surface area contributed by atoms with Crippen molar-refractivity contribution >= 4 is 34.4 Å². The first kappa shape index (κ1) is 11.9. The van der Waals surface area contributed by atoms with Gasteiger partial charge in [-0.2, -0.15) is 13.2 Å². The fraction of sp³-hybridized carbons (Fsp3) is 1.00. The zero-order valence-corrected chi connectivity index (χ0v) is 9.09. The fourth-order valence-electron chi connectivity index (χ4n) is 0.569. The first-order valence-corrected chi connectivity index (χ1v) is 5.47. The van der Waals surface area contributed by atoms with Crippen molar-refractivity contribution in [2.75, 3.05) is 0 Å². The van der Waals surface area contributed by atoms with Gasteiger partial charge in [-0.3, -0.25) is 0 Å². The molecule has 0 amide bonds. The Bertz CT molecular complexity index is 104. The predicted molar refractivity (Wildman–Crippen MR) is 51.0 cm³/mol. The Kier molecular flexibility index (Phi) is 5.94. The van der Waals surface area contributed by atoms with Gasteiger partial charge in [0.2, 0.25) is 0 Å². The van der Waals surface area contributed by atoms with E-state index < -0.39 is 5.51 Å². The summed E-state index contributed by atoms with van der Waals surface area (Å²) >= 11 is 1.92. The summed E-state index contributed by atoms with van der Waals surface area (Å²) in [6.45, 7) is 1.97. The number of halogens is 4. The van der Waals surface area contributed by atoms with Crippen molar-refractivity contribution in [2.24, 2.45) is 0 Å². The maximum Gasteiger partial charge on any atom is 0.442 e. The first-order chi connectivity index (χ1) is 4.95. The van der Waals surface area contributed by atoms with Gasteiger partial charge in [-0.1, -0.05) is 42.4 Å². The molecule has 0 aromatic carbocycles. The minimum absolute atomic E-state index is 0.0833. The lowest BCUT2D eigenvalue weighted by Crippen LogP contribution is -2.05. The summed E-state index contributed by atoms with van der Waals surface area (Å²) in [5, 5.41) is 0. The fourth-order valence-corrected chi connectivity index (χ4v) is 2.45. The molecule has 68 valence electrons. The quantitative estimate of drug-likeness (QED) is 0.554. The minimum atomic E-state index is -4.07. The van der Waals surface area contributed by atoms with Crippen LogP contribution in [-0.4, -0.2) is 8.76 Å². The number of thioether (sulfide) groups is 1. The van der Waals surface area contributed by atoms with Crippen LogP contribution < -0.4 is 0 Å². The molecular formula is C6H10F3IS. The number of unbranched alkanes of at least 4 members (excludes halogenated alkanes) is 1. The van der Waals surface area contributed by atoms with E-state index in [9.17, 15) is 13.2 Å². The molecule has 1 unspecified atom stereocenters. The van der Waals surface area contributed by atoms with Crippen LogP contribution >= 0.6 is 34.4 Å². The first-order valence-electron chi connectivity index (χ1n) is 3.34. The lowest BCUT2D eigenvalue weighted by Gasteiger charge is -2.10. The third kappa shape index (κ3) is 8.78. The van der Waals surface area contributed by atoms with E-state index in [2.05, 4.69) is 0 Å². The summed E-state index contributed by atoms with van der Waals surface area (Å²) in [5.74, 6) is 0. The van der Waals surface area contributed by atoms with E-state index in [-0.39, 0.29) is 15.0 Å². The molecule has 0 aromatic heterocycles. The van der Waals surface area contributed by atoms with E-state index in [1.54, 1.807) is 0 Å². The lowest BCUT2D eigenvalue weighted by molar-refractivity contribution is -0.0329. The molecule has 1 atom stereocenters. The molecular weight excluding hydrogens is 288 g/mol. The summed E-state index contributed by atoms with van der Waals surface area (Å²) in [5.41, 5.74) is -4.07. The van der Waals surface area contributed by atoms with E-state index in [1.165, 1.54) is 0 Å². The van der Waals surface area contributed by atoms with E-state index >= 15 is 0 Å². The average Bonchev–Trinajstić information content (AvgIpc) is 1.79. The van der Waals surface area contributed by atoms with Crippen LogP contribution in [0.5, 0.6) is 0 Å². The second-order valence-corrected chi connectivity index (χ2v) is 5.73. The molecule has 0 spiro atoms. The van der Waals surface area contributed by atoms with E-state index in [0.717, 1.165) is 12.8 Å². The Labute approximate surface area is 82.4 Å². The van der Waals surface area contributed by atoms with E-state index in [0.29, 0.717) is 6.42 Å². The summed E-state index contributed by atoms with van der Waals surface area (Å²) in [6.07, 6.45) is 2.47. The third-order valence-corrected chi connectivity index (χ3v) is 3.19. The molecule has 0 saturated carbocycles. The van der Waals surface area contributed by atoms with Gasteiger partial charge >= 0.3 is 5.51 Å². The molecule has 0 aromatic rings. The molecule has 0 N–H and O–H groups in total. The van der Waals surface area contributed by atoms with Gasteiger partial charge in [-0.15, -0.1) is 0 Å². The van der Waals surface area contributed by atoms with Crippen molar-refractivity contribution in [3.8, 4) is 0 Å². The number of hydrogen-bond acceptors (Lipinski definition) is 1. The van der Waals surface area contributed by atoms with Crippen LogP contribution in [0.4, 0.5) is 13.2 Å². The molecule has 0 saturated heterocycles. The van der Waals surface area contributed by atoms with Crippen LogP contribution in [0.25, 0.3) is 0 Å². The van der Waals surface area contributed by atoms with Crippen molar-refractivity contribution in [3.63, 3.8) is 0 Å². The molecule has 0 radical (unpaired) electrons. The van der Waals surface area contributed by atoms with Crippen LogP contribution in [0, 0.1) is 0 Å². The van der Waals surface area contributed by atoms with Crippen LogP contribution in [0.2, 0.25) is 0 Å². The third-order valence-electron chi connectivity index (χ3n) is 1.05. The van der Waals surface area contributed by atoms with Gasteiger partial charge in [0.05, 0.1) is 3.26 Å². The summed E-state index contributed by atoms with van der Waals surface area (Å²) < 4.78 is 34.7. The summed E-state index contributed by atoms with van der Waals surface area (Å²) in [6, 6.07) is 0. The Morgan fingerprint density at radius 1 is 1.45 bits per heavy atom. The largest absolute Gasteiger partial charge is 0.442 e. The highest BCUT2D eigenvalue weighted by Crippen LogP contribution is 2.38. The monoisotopic (exact) mass is 298 g/mol. The smallest absolute Gasteiger partial charge is 0.160 e. The zero-order chi connectivity index (χ0) is 8.91. The highest BCUT2D eigenvalue weighted by atomic mass is 127. The van der Waals surface area contributed by atoms with Gasteiger partial charge in [-0.25, -0.2) is 0 Å².